The molecule has 3 rings (SSSR count). The van der Waals surface area contributed by atoms with E-state index in [1.54, 1.807) is 0 Å². The summed E-state index contributed by atoms with van der Waals surface area (Å²) in [5.41, 5.74) is 9.53. The summed E-state index contributed by atoms with van der Waals surface area (Å²) in [5.74, 6) is 0. The van der Waals surface area contributed by atoms with Crippen LogP contribution in [0.4, 0.5) is 5.69 Å². The van der Waals surface area contributed by atoms with Gasteiger partial charge in [0.25, 0.3) is 0 Å². The molecule has 0 unspecified atom stereocenters. The molecule has 1 heterocycles. The third-order valence-electron chi connectivity index (χ3n) is 2.79. The Labute approximate surface area is 105 Å². The molecule has 0 saturated heterocycles. The van der Waals surface area contributed by atoms with Crippen LogP contribution in [0.15, 0.2) is 66.9 Å². The summed E-state index contributed by atoms with van der Waals surface area (Å²) >= 11 is 0. The Balaban J connectivity index is 2.00. The maximum absolute atomic E-state index is 5.78. The molecule has 0 amide bonds. The van der Waals surface area contributed by atoms with E-state index in [1.165, 1.54) is 0 Å². The second-order valence-corrected chi connectivity index (χ2v) is 4.11. The summed E-state index contributed by atoms with van der Waals surface area (Å²) in [4.78, 5) is 0. The van der Waals surface area contributed by atoms with Crippen LogP contribution < -0.4 is 5.73 Å². The summed E-state index contributed by atoms with van der Waals surface area (Å²) in [6.07, 6.45) is 1.95. The van der Waals surface area contributed by atoms with Crippen LogP contribution >= 0.6 is 0 Å². The summed E-state index contributed by atoms with van der Waals surface area (Å²) < 4.78 is 1.86. The van der Waals surface area contributed by atoms with Crippen molar-refractivity contribution >= 4 is 5.69 Å². The van der Waals surface area contributed by atoms with Gasteiger partial charge in [0.1, 0.15) is 0 Å². The fourth-order valence-corrected chi connectivity index (χ4v) is 1.90. The third-order valence-corrected chi connectivity index (χ3v) is 2.79. The van der Waals surface area contributed by atoms with Gasteiger partial charge in [-0.1, -0.05) is 30.3 Å². The SMILES string of the molecule is Nc1cccc(-c2ccn(-c3ccccc3)n2)c1. The number of para-hydroxylation sites is 1. The van der Waals surface area contributed by atoms with E-state index in [0.717, 1.165) is 22.6 Å². The summed E-state index contributed by atoms with van der Waals surface area (Å²) in [6.45, 7) is 0. The molecule has 0 aliphatic rings. The minimum Gasteiger partial charge on any atom is -0.399 e. The first-order chi connectivity index (χ1) is 8.83. The van der Waals surface area contributed by atoms with Gasteiger partial charge in [0.2, 0.25) is 0 Å². The lowest BCUT2D eigenvalue weighted by Gasteiger charge is -2.01. The summed E-state index contributed by atoms with van der Waals surface area (Å²) in [5, 5.41) is 4.55. The van der Waals surface area contributed by atoms with Gasteiger partial charge in [-0.05, 0) is 30.3 Å². The van der Waals surface area contributed by atoms with Crippen LogP contribution in [-0.4, -0.2) is 9.78 Å². The van der Waals surface area contributed by atoms with Crippen molar-refractivity contribution in [3.05, 3.63) is 66.9 Å². The fraction of sp³-hybridized carbons (Fsp3) is 0. The van der Waals surface area contributed by atoms with Crippen LogP contribution in [0.1, 0.15) is 0 Å². The van der Waals surface area contributed by atoms with Crippen LogP contribution in [-0.2, 0) is 0 Å². The smallest absolute Gasteiger partial charge is 0.0928 e. The van der Waals surface area contributed by atoms with Crippen molar-refractivity contribution in [3.8, 4) is 16.9 Å². The Morgan fingerprint density at radius 3 is 2.50 bits per heavy atom. The predicted molar refractivity (Wildman–Crippen MR) is 73.4 cm³/mol. The van der Waals surface area contributed by atoms with Gasteiger partial charge in [-0.15, -0.1) is 0 Å². The van der Waals surface area contributed by atoms with Crippen molar-refractivity contribution in [1.29, 1.82) is 0 Å². The highest BCUT2D eigenvalue weighted by Gasteiger charge is 2.03. The Morgan fingerprint density at radius 1 is 0.889 bits per heavy atom. The van der Waals surface area contributed by atoms with Gasteiger partial charge in [-0.25, -0.2) is 4.68 Å². The molecule has 1 aromatic heterocycles. The number of benzene rings is 2. The molecule has 2 aromatic carbocycles. The molecule has 0 atom stereocenters. The van der Waals surface area contributed by atoms with E-state index in [4.69, 9.17) is 5.73 Å². The molecular formula is C15H13N3. The van der Waals surface area contributed by atoms with Crippen LogP contribution in [0.25, 0.3) is 16.9 Å². The highest BCUT2D eigenvalue weighted by Crippen LogP contribution is 2.20. The first-order valence-corrected chi connectivity index (χ1v) is 5.80. The zero-order valence-corrected chi connectivity index (χ0v) is 9.82. The molecule has 0 spiro atoms. The molecule has 0 aliphatic carbocycles. The third kappa shape index (κ3) is 1.98. The van der Waals surface area contributed by atoms with Gasteiger partial charge >= 0.3 is 0 Å². The quantitative estimate of drug-likeness (QED) is 0.693. The van der Waals surface area contributed by atoms with Gasteiger partial charge in [-0.2, -0.15) is 5.10 Å². The maximum atomic E-state index is 5.78. The highest BCUT2D eigenvalue weighted by molar-refractivity contribution is 5.63. The van der Waals surface area contributed by atoms with Gasteiger partial charge in [0.05, 0.1) is 11.4 Å². The standard InChI is InChI=1S/C15H13N3/c16-13-6-4-5-12(11-13)15-9-10-18(17-15)14-7-2-1-3-8-14/h1-11H,16H2. The van der Waals surface area contributed by atoms with Crippen LogP contribution in [0.3, 0.4) is 0 Å². The average Bonchev–Trinajstić information content (AvgIpc) is 2.89. The van der Waals surface area contributed by atoms with Crippen molar-refractivity contribution in [1.82, 2.24) is 9.78 Å². The number of nitrogen functional groups attached to an aromatic ring is 1. The zero-order valence-electron chi connectivity index (χ0n) is 9.82. The molecule has 0 aliphatic heterocycles. The van der Waals surface area contributed by atoms with Gasteiger partial charge in [0, 0.05) is 17.4 Å². The Bertz CT molecular complexity index is 656. The number of nitrogens with two attached hydrogens (primary N) is 1. The molecule has 88 valence electrons. The van der Waals surface area contributed by atoms with Crippen LogP contribution in [0.5, 0.6) is 0 Å². The Kier molecular flexibility index (Phi) is 2.57. The zero-order chi connectivity index (χ0) is 12.4. The summed E-state index contributed by atoms with van der Waals surface area (Å²) in [6, 6.07) is 19.8. The van der Waals surface area contributed by atoms with Gasteiger partial charge in [-0.3, -0.25) is 0 Å². The van der Waals surface area contributed by atoms with Crippen molar-refractivity contribution in [2.75, 3.05) is 5.73 Å². The topological polar surface area (TPSA) is 43.8 Å². The van der Waals surface area contributed by atoms with E-state index in [1.807, 2.05) is 71.5 Å². The maximum Gasteiger partial charge on any atom is 0.0928 e. The molecule has 0 radical (unpaired) electrons. The minimum absolute atomic E-state index is 0.752. The van der Waals surface area contributed by atoms with E-state index in [9.17, 15) is 0 Å². The molecule has 3 heteroatoms. The van der Waals surface area contributed by atoms with Crippen molar-refractivity contribution < 1.29 is 0 Å². The number of hydrogen-bond donors (Lipinski definition) is 1. The van der Waals surface area contributed by atoms with Crippen LogP contribution in [0.2, 0.25) is 0 Å². The van der Waals surface area contributed by atoms with E-state index >= 15 is 0 Å². The molecule has 3 aromatic rings. The molecule has 0 bridgehead atoms. The van der Waals surface area contributed by atoms with E-state index < -0.39 is 0 Å². The second-order valence-electron chi connectivity index (χ2n) is 4.11. The number of hydrogen-bond acceptors (Lipinski definition) is 2. The molecule has 18 heavy (non-hydrogen) atoms. The number of aromatic nitrogens is 2. The number of rotatable bonds is 2. The van der Waals surface area contributed by atoms with Crippen molar-refractivity contribution in [2.45, 2.75) is 0 Å². The van der Waals surface area contributed by atoms with Gasteiger partial charge < -0.3 is 5.73 Å². The largest absolute Gasteiger partial charge is 0.399 e. The molecule has 0 saturated carbocycles. The lowest BCUT2D eigenvalue weighted by molar-refractivity contribution is 0.884. The van der Waals surface area contributed by atoms with E-state index in [-0.39, 0.29) is 0 Å². The predicted octanol–water partition coefficient (Wildman–Crippen LogP) is 3.12. The molecule has 2 N–H and O–H groups in total. The number of nitrogens with zero attached hydrogens (tertiary/aromatic N) is 2. The van der Waals surface area contributed by atoms with Gasteiger partial charge in [0.15, 0.2) is 0 Å². The van der Waals surface area contributed by atoms with Crippen molar-refractivity contribution in [3.63, 3.8) is 0 Å². The monoisotopic (exact) mass is 235 g/mol. The first kappa shape index (κ1) is 10.6. The lowest BCUT2D eigenvalue weighted by atomic mass is 10.1. The van der Waals surface area contributed by atoms with E-state index in [0.29, 0.717) is 0 Å². The average molecular weight is 235 g/mol. The Hall–Kier alpha value is -2.55. The van der Waals surface area contributed by atoms with E-state index in [2.05, 4.69) is 5.10 Å². The Morgan fingerprint density at radius 2 is 1.72 bits per heavy atom. The number of anilines is 1. The molecular weight excluding hydrogens is 222 g/mol. The normalized spacial score (nSPS) is 10.4. The minimum atomic E-state index is 0.752. The molecule has 3 nitrogen and oxygen atoms in total. The lowest BCUT2D eigenvalue weighted by Crippen LogP contribution is -1.94. The first-order valence-electron chi connectivity index (χ1n) is 5.80. The van der Waals surface area contributed by atoms with Crippen LogP contribution in [0, 0.1) is 0 Å². The molecule has 0 fully saturated rings. The van der Waals surface area contributed by atoms with Crippen molar-refractivity contribution in [2.24, 2.45) is 0 Å². The summed E-state index contributed by atoms with van der Waals surface area (Å²) in [7, 11) is 0. The fourth-order valence-electron chi connectivity index (χ4n) is 1.90. The second kappa shape index (κ2) is 4.37. The highest BCUT2D eigenvalue weighted by atomic mass is 15.3.